The zero-order valence-electron chi connectivity index (χ0n) is 13.0. The van der Waals surface area contributed by atoms with Crippen LogP contribution in [0.25, 0.3) is 0 Å². The zero-order valence-corrected chi connectivity index (χ0v) is 13.0. The smallest absolute Gasteiger partial charge is 0.411 e. The summed E-state index contributed by atoms with van der Waals surface area (Å²) in [6.45, 7) is 0.0514. The van der Waals surface area contributed by atoms with Gasteiger partial charge < -0.3 is 9.47 Å². The molecule has 4 rings (SSSR count). The first-order valence-electron chi connectivity index (χ1n) is 7.72. The van der Waals surface area contributed by atoms with Crippen molar-refractivity contribution >= 4 is 17.5 Å². The van der Waals surface area contributed by atoms with Gasteiger partial charge >= 0.3 is 6.09 Å². The first-order valence-corrected chi connectivity index (χ1v) is 7.72. The summed E-state index contributed by atoms with van der Waals surface area (Å²) in [6, 6.07) is 13.4. The number of fused-ring (bicyclic) bond motifs is 5. The van der Waals surface area contributed by atoms with Gasteiger partial charge in [-0.05, 0) is 29.3 Å². The average molecular weight is 338 g/mol. The first-order chi connectivity index (χ1) is 12.1. The number of benzene rings is 2. The van der Waals surface area contributed by atoms with E-state index >= 15 is 0 Å². The fourth-order valence-electron chi connectivity index (χ4n) is 3.15. The molecule has 0 saturated heterocycles. The lowest BCUT2D eigenvalue weighted by atomic mass is 9.88. The number of amides is 1. The Morgan fingerprint density at radius 2 is 2.00 bits per heavy atom. The van der Waals surface area contributed by atoms with Crippen molar-refractivity contribution in [3.63, 3.8) is 0 Å². The first kappa shape index (κ1) is 15.3. The standard InChI is InChI=1S/C18H14N2O5/c21-17(19-12-5-7-13(8-6-12)20(22)23)24-11-18-10-9-16(25-18)14-3-1-2-4-15(14)18/h1-10,16H,11H2,(H,19,21). The summed E-state index contributed by atoms with van der Waals surface area (Å²) in [5.41, 5.74) is 1.72. The molecule has 1 amide bonds. The Labute approximate surface area is 143 Å². The van der Waals surface area contributed by atoms with Crippen LogP contribution in [0.3, 0.4) is 0 Å². The van der Waals surface area contributed by atoms with Crippen LogP contribution >= 0.6 is 0 Å². The number of nitro groups is 1. The molecule has 7 nitrogen and oxygen atoms in total. The van der Waals surface area contributed by atoms with Gasteiger partial charge in [0.15, 0.2) is 0 Å². The van der Waals surface area contributed by atoms with E-state index in [-0.39, 0.29) is 18.4 Å². The van der Waals surface area contributed by atoms with E-state index in [1.54, 1.807) is 0 Å². The summed E-state index contributed by atoms with van der Waals surface area (Å²) in [5.74, 6) is 0. The van der Waals surface area contributed by atoms with Crippen LogP contribution in [0.4, 0.5) is 16.2 Å². The molecule has 2 heterocycles. The van der Waals surface area contributed by atoms with Gasteiger partial charge in [0.25, 0.3) is 5.69 Å². The van der Waals surface area contributed by atoms with Gasteiger partial charge in [-0.2, -0.15) is 0 Å². The highest BCUT2D eigenvalue weighted by atomic mass is 16.6. The summed E-state index contributed by atoms with van der Waals surface area (Å²) in [7, 11) is 0. The molecule has 25 heavy (non-hydrogen) atoms. The van der Waals surface area contributed by atoms with Crippen molar-refractivity contribution in [2.24, 2.45) is 0 Å². The van der Waals surface area contributed by atoms with Crippen molar-refractivity contribution in [3.05, 3.63) is 81.9 Å². The Morgan fingerprint density at radius 3 is 2.76 bits per heavy atom. The molecule has 0 aromatic heterocycles. The third kappa shape index (κ3) is 2.64. The minimum absolute atomic E-state index is 0.0455. The van der Waals surface area contributed by atoms with E-state index in [1.165, 1.54) is 24.3 Å². The lowest BCUT2D eigenvalue weighted by Crippen LogP contribution is -2.30. The summed E-state index contributed by atoms with van der Waals surface area (Å²) in [6.07, 6.45) is 3.13. The second-order valence-electron chi connectivity index (χ2n) is 5.88. The molecule has 1 N–H and O–H groups in total. The molecule has 0 fully saturated rings. The maximum Gasteiger partial charge on any atom is 0.411 e. The Kier molecular flexibility index (Phi) is 3.51. The Balaban J connectivity index is 1.41. The van der Waals surface area contributed by atoms with Crippen molar-refractivity contribution in [1.82, 2.24) is 0 Å². The minimum Gasteiger partial charge on any atom is -0.445 e. The van der Waals surface area contributed by atoms with Gasteiger partial charge in [0, 0.05) is 17.8 Å². The second kappa shape index (κ2) is 5.71. The number of carbonyl (C=O) groups is 1. The average Bonchev–Trinajstić information content (AvgIpc) is 3.19. The van der Waals surface area contributed by atoms with E-state index in [1.807, 2.05) is 36.4 Å². The molecule has 2 aromatic carbocycles. The Hall–Kier alpha value is -3.19. The highest BCUT2D eigenvalue weighted by molar-refractivity contribution is 5.84. The van der Waals surface area contributed by atoms with Crippen LogP contribution in [0.15, 0.2) is 60.7 Å². The molecule has 7 heteroatoms. The van der Waals surface area contributed by atoms with E-state index in [2.05, 4.69) is 5.32 Å². The molecule has 2 aliphatic heterocycles. The van der Waals surface area contributed by atoms with Crippen LogP contribution in [-0.2, 0) is 15.1 Å². The topological polar surface area (TPSA) is 90.7 Å². The second-order valence-corrected chi connectivity index (χ2v) is 5.88. The summed E-state index contributed by atoms with van der Waals surface area (Å²) in [5, 5.41) is 13.2. The fraction of sp³-hybridized carbons (Fsp3) is 0.167. The highest BCUT2D eigenvalue weighted by Crippen LogP contribution is 2.50. The molecule has 2 aliphatic rings. The molecule has 2 bridgehead atoms. The third-order valence-electron chi connectivity index (χ3n) is 4.34. The summed E-state index contributed by atoms with van der Waals surface area (Å²) >= 11 is 0. The summed E-state index contributed by atoms with van der Waals surface area (Å²) in [4.78, 5) is 22.2. The van der Waals surface area contributed by atoms with E-state index in [9.17, 15) is 14.9 Å². The van der Waals surface area contributed by atoms with Crippen molar-refractivity contribution in [2.45, 2.75) is 11.7 Å². The number of anilines is 1. The number of nitrogens with one attached hydrogen (secondary N) is 1. The van der Waals surface area contributed by atoms with Crippen molar-refractivity contribution in [2.75, 3.05) is 11.9 Å². The molecule has 2 unspecified atom stereocenters. The lowest BCUT2D eigenvalue weighted by Gasteiger charge is -2.23. The third-order valence-corrected chi connectivity index (χ3v) is 4.34. The largest absolute Gasteiger partial charge is 0.445 e. The maximum atomic E-state index is 12.0. The molecule has 126 valence electrons. The monoisotopic (exact) mass is 338 g/mol. The van der Waals surface area contributed by atoms with Gasteiger partial charge in [-0.1, -0.05) is 30.3 Å². The number of nitro benzene ring substituents is 1. The molecule has 0 aliphatic carbocycles. The normalized spacial score (nSPS) is 22.5. The van der Waals surface area contributed by atoms with Crippen LogP contribution in [0.1, 0.15) is 17.2 Å². The fourth-order valence-corrected chi connectivity index (χ4v) is 3.15. The predicted octanol–water partition coefficient (Wildman–Crippen LogP) is 3.68. The number of rotatable bonds is 4. The minimum atomic E-state index is -0.742. The van der Waals surface area contributed by atoms with E-state index in [0.29, 0.717) is 5.69 Å². The molecule has 0 radical (unpaired) electrons. The summed E-state index contributed by atoms with van der Waals surface area (Å²) < 4.78 is 11.3. The van der Waals surface area contributed by atoms with Crippen LogP contribution in [0.2, 0.25) is 0 Å². The van der Waals surface area contributed by atoms with Gasteiger partial charge in [0.2, 0.25) is 0 Å². The molecular formula is C18H14N2O5. The Morgan fingerprint density at radius 1 is 1.24 bits per heavy atom. The van der Waals surface area contributed by atoms with Crippen molar-refractivity contribution in [3.8, 4) is 0 Å². The number of hydrogen-bond acceptors (Lipinski definition) is 5. The molecular weight excluding hydrogens is 324 g/mol. The number of non-ortho nitro benzene ring substituents is 1. The van der Waals surface area contributed by atoms with Crippen molar-refractivity contribution < 1.29 is 19.2 Å². The molecule has 0 spiro atoms. The SMILES string of the molecule is O=C(Nc1ccc([N+](=O)[O-])cc1)OCC12C=CC(O1)c1ccccc12. The van der Waals surface area contributed by atoms with Crippen molar-refractivity contribution in [1.29, 1.82) is 0 Å². The molecule has 2 aromatic rings. The van der Waals surface area contributed by atoms with E-state index in [0.717, 1.165) is 11.1 Å². The lowest BCUT2D eigenvalue weighted by molar-refractivity contribution is -0.384. The van der Waals surface area contributed by atoms with Crippen LogP contribution in [-0.4, -0.2) is 17.6 Å². The van der Waals surface area contributed by atoms with Gasteiger partial charge in [-0.15, -0.1) is 0 Å². The van der Waals surface area contributed by atoms with Gasteiger partial charge in [-0.3, -0.25) is 15.4 Å². The number of ether oxygens (including phenoxy) is 2. The van der Waals surface area contributed by atoms with Crippen LogP contribution < -0.4 is 5.32 Å². The Bertz CT molecular complexity index is 877. The highest BCUT2D eigenvalue weighted by Gasteiger charge is 2.47. The van der Waals surface area contributed by atoms with Crippen LogP contribution in [0.5, 0.6) is 0 Å². The predicted molar refractivity (Wildman–Crippen MR) is 89.2 cm³/mol. The van der Waals surface area contributed by atoms with E-state index < -0.39 is 16.6 Å². The molecule has 2 atom stereocenters. The van der Waals surface area contributed by atoms with Gasteiger partial charge in [-0.25, -0.2) is 4.79 Å². The van der Waals surface area contributed by atoms with Crippen LogP contribution in [0, 0.1) is 10.1 Å². The van der Waals surface area contributed by atoms with Gasteiger partial charge in [0.1, 0.15) is 18.3 Å². The number of nitrogens with zero attached hydrogens (tertiary/aromatic N) is 1. The van der Waals surface area contributed by atoms with E-state index in [4.69, 9.17) is 9.47 Å². The maximum absolute atomic E-state index is 12.0. The number of hydrogen-bond donors (Lipinski definition) is 1. The number of carbonyl (C=O) groups excluding carboxylic acids is 1. The zero-order chi connectivity index (χ0) is 17.4. The quantitative estimate of drug-likeness (QED) is 0.522. The van der Waals surface area contributed by atoms with Gasteiger partial charge in [0.05, 0.1) is 4.92 Å². The molecule has 0 saturated carbocycles.